The zero-order valence-electron chi connectivity index (χ0n) is 16.0. The van der Waals surface area contributed by atoms with Crippen molar-refractivity contribution in [2.45, 2.75) is 18.9 Å². The molecule has 0 saturated heterocycles. The van der Waals surface area contributed by atoms with Crippen LogP contribution in [0.15, 0.2) is 41.8 Å². The first-order valence-corrected chi connectivity index (χ1v) is 11.7. The fraction of sp³-hybridized carbons (Fsp3) is 0.350. The Hall–Kier alpha value is -2.03. The molecule has 2 aromatic rings. The molecule has 9 heteroatoms. The highest BCUT2D eigenvalue weighted by Crippen LogP contribution is 2.15. The quantitative estimate of drug-likeness (QED) is 0.509. The first-order chi connectivity index (χ1) is 14.0. The van der Waals surface area contributed by atoms with E-state index < -0.39 is 17.9 Å². The average molecular weight is 455 g/mol. The standard InChI is InChI=1S/C20H23ClN2O4S2/c1-28-12-9-17(23-19(25)15-6-2-3-7-16(15)21)20(26)27-13-18(24)22-10-8-14-5-4-11-29-14/h2-7,11,17H,8-10,12-13H2,1H3,(H,22,24)(H,23,25). The zero-order chi connectivity index (χ0) is 21.1. The van der Waals surface area contributed by atoms with Gasteiger partial charge in [-0.2, -0.15) is 11.8 Å². The average Bonchev–Trinajstić information content (AvgIpc) is 3.23. The van der Waals surface area contributed by atoms with Gasteiger partial charge in [0.2, 0.25) is 0 Å². The molecule has 6 nitrogen and oxygen atoms in total. The summed E-state index contributed by atoms with van der Waals surface area (Å²) in [6.45, 7) is 0.0804. The highest BCUT2D eigenvalue weighted by atomic mass is 35.5. The maximum absolute atomic E-state index is 12.4. The maximum Gasteiger partial charge on any atom is 0.329 e. The minimum absolute atomic E-state index is 0.280. The van der Waals surface area contributed by atoms with Crippen LogP contribution in [0.1, 0.15) is 21.7 Å². The third kappa shape index (κ3) is 8.08. The molecule has 0 aliphatic rings. The van der Waals surface area contributed by atoms with Crippen LogP contribution in [0.3, 0.4) is 0 Å². The van der Waals surface area contributed by atoms with Crippen LogP contribution in [0.4, 0.5) is 0 Å². The van der Waals surface area contributed by atoms with Gasteiger partial charge in [0, 0.05) is 11.4 Å². The van der Waals surface area contributed by atoms with Gasteiger partial charge in [-0.1, -0.05) is 29.8 Å². The Bertz CT molecular complexity index is 815. The molecule has 0 spiro atoms. The summed E-state index contributed by atoms with van der Waals surface area (Å²) >= 11 is 9.21. The molecule has 0 fully saturated rings. The molecular formula is C20H23ClN2O4S2. The van der Waals surface area contributed by atoms with Gasteiger partial charge in [-0.05, 0) is 48.4 Å². The van der Waals surface area contributed by atoms with Gasteiger partial charge >= 0.3 is 5.97 Å². The molecule has 1 heterocycles. The van der Waals surface area contributed by atoms with E-state index in [2.05, 4.69) is 10.6 Å². The van der Waals surface area contributed by atoms with Crippen LogP contribution in [0.25, 0.3) is 0 Å². The van der Waals surface area contributed by atoms with Gasteiger partial charge in [0.25, 0.3) is 11.8 Å². The van der Waals surface area contributed by atoms with Crippen LogP contribution >= 0.6 is 34.7 Å². The fourth-order valence-corrected chi connectivity index (χ4v) is 3.84. The second-order valence-electron chi connectivity index (χ2n) is 6.07. The number of nitrogens with one attached hydrogen (secondary N) is 2. The number of carbonyl (C=O) groups is 3. The van der Waals surface area contributed by atoms with Crippen LogP contribution in [-0.2, 0) is 20.7 Å². The van der Waals surface area contributed by atoms with E-state index in [4.69, 9.17) is 16.3 Å². The highest BCUT2D eigenvalue weighted by Gasteiger charge is 2.24. The van der Waals surface area contributed by atoms with E-state index in [0.29, 0.717) is 23.7 Å². The number of rotatable bonds is 11. The summed E-state index contributed by atoms with van der Waals surface area (Å²) < 4.78 is 5.11. The van der Waals surface area contributed by atoms with Crippen LogP contribution in [-0.4, -0.2) is 49.0 Å². The molecule has 1 aromatic carbocycles. The number of thioether (sulfide) groups is 1. The van der Waals surface area contributed by atoms with Gasteiger partial charge in [-0.15, -0.1) is 11.3 Å². The molecule has 2 amide bonds. The summed E-state index contributed by atoms with van der Waals surface area (Å²) in [6, 6.07) is 9.68. The number of amides is 2. The number of hydrogen-bond acceptors (Lipinski definition) is 6. The Morgan fingerprint density at radius 2 is 2.00 bits per heavy atom. The Kier molecular flexibility index (Phi) is 10.0. The van der Waals surface area contributed by atoms with Gasteiger partial charge in [-0.25, -0.2) is 4.79 Å². The molecular weight excluding hydrogens is 432 g/mol. The van der Waals surface area contributed by atoms with E-state index in [9.17, 15) is 14.4 Å². The van der Waals surface area contributed by atoms with Crippen molar-refractivity contribution in [1.29, 1.82) is 0 Å². The lowest BCUT2D eigenvalue weighted by Crippen LogP contribution is -2.43. The molecule has 1 aromatic heterocycles. The van der Waals surface area contributed by atoms with Crippen LogP contribution < -0.4 is 10.6 Å². The number of benzene rings is 1. The molecule has 2 rings (SSSR count). The van der Waals surface area contributed by atoms with Crippen molar-refractivity contribution in [3.05, 3.63) is 57.2 Å². The van der Waals surface area contributed by atoms with Crippen LogP contribution in [0, 0.1) is 0 Å². The summed E-state index contributed by atoms with van der Waals surface area (Å²) in [6.07, 6.45) is 3.01. The molecule has 0 saturated carbocycles. The molecule has 1 atom stereocenters. The highest BCUT2D eigenvalue weighted by molar-refractivity contribution is 7.98. The second-order valence-corrected chi connectivity index (χ2v) is 8.50. The first-order valence-electron chi connectivity index (χ1n) is 9.01. The predicted octanol–water partition coefficient (Wildman–Crippen LogP) is 3.16. The summed E-state index contributed by atoms with van der Waals surface area (Å²) in [5, 5.41) is 7.64. The zero-order valence-corrected chi connectivity index (χ0v) is 18.4. The van der Waals surface area contributed by atoms with Crippen molar-refractivity contribution < 1.29 is 19.1 Å². The van der Waals surface area contributed by atoms with Crippen molar-refractivity contribution >= 4 is 52.5 Å². The molecule has 156 valence electrons. The molecule has 0 radical (unpaired) electrons. The molecule has 2 N–H and O–H groups in total. The predicted molar refractivity (Wildman–Crippen MR) is 118 cm³/mol. The lowest BCUT2D eigenvalue weighted by atomic mass is 10.1. The normalized spacial score (nSPS) is 11.5. The third-order valence-corrected chi connectivity index (χ3v) is 5.85. The van der Waals surface area contributed by atoms with Gasteiger partial charge < -0.3 is 15.4 Å². The van der Waals surface area contributed by atoms with Gasteiger partial charge in [0.1, 0.15) is 6.04 Å². The van der Waals surface area contributed by atoms with E-state index in [1.54, 1.807) is 47.4 Å². The van der Waals surface area contributed by atoms with E-state index in [1.165, 1.54) is 4.88 Å². The Labute approximate surface area is 183 Å². The number of carbonyl (C=O) groups excluding carboxylic acids is 3. The Morgan fingerprint density at radius 1 is 1.21 bits per heavy atom. The third-order valence-electron chi connectivity index (χ3n) is 3.94. The van der Waals surface area contributed by atoms with Gasteiger partial charge in [-0.3, -0.25) is 9.59 Å². The van der Waals surface area contributed by atoms with E-state index in [1.807, 2.05) is 23.8 Å². The van der Waals surface area contributed by atoms with Crippen molar-refractivity contribution in [3.8, 4) is 0 Å². The summed E-state index contributed by atoms with van der Waals surface area (Å²) in [7, 11) is 0. The van der Waals surface area contributed by atoms with Gasteiger partial charge in [0.05, 0.1) is 10.6 Å². The van der Waals surface area contributed by atoms with E-state index in [-0.39, 0.29) is 18.1 Å². The summed E-state index contributed by atoms with van der Waals surface area (Å²) in [4.78, 5) is 37.9. The van der Waals surface area contributed by atoms with Crippen molar-refractivity contribution in [1.82, 2.24) is 10.6 Å². The smallest absolute Gasteiger partial charge is 0.329 e. The fourth-order valence-electron chi connectivity index (χ4n) is 2.43. The maximum atomic E-state index is 12.4. The second kappa shape index (κ2) is 12.5. The Balaban J connectivity index is 1.83. The summed E-state index contributed by atoms with van der Waals surface area (Å²) in [5.41, 5.74) is 0.280. The first kappa shape index (κ1) is 23.3. The number of halogens is 1. The molecule has 1 unspecified atom stereocenters. The molecule has 29 heavy (non-hydrogen) atoms. The number of thiophene rings is 1. The van der Waals surface area contributed by atoms with E-state index in [0.717, 1.165) is 6.42 Å². The molecule has 0 bridgehead atoms. The lowest BCUT2D eigenvalue weighted by molar-refractivity contribution is -0.150. The minimum Gasteiger partial charge on any atom is -0.454 e. The van der Waals surface area contributed by atoms with Gasteiger partial charge in [0.15, 0.2) is 6.61 Å². The number of ether oxygens (including phenoxy) is 1. The van der Waals surface area contributed by atoms with Crippen molar-refractivity contribution in [3.63, 3.8) is 0 Å². The van der Waals surface area contributed by atoms with Crippen molar-refractivity contribution in [2.75, 3.05) is 25.2 Å². The molecule has 0 aliphatic heterocycles. The molecule has 0 aliphatic carbocycles. The SMILES string of the molecule is CSCCC(NC(=O)c1ccccc1Cl)C(=O)OCC(=O)NCCc1cccs1. The Morgan fingerprint density at radius 3 is 2.69 bits per heavy atom. The topological polar surface area (TPSA) is 84.5 Å². The van der Waals surface area contributed by atoms with Crippen LogP contribution in [0.2, 0.25) is 5.02 Å². The summed E-state index contributed by atoms with van der Waals surface area (Å²) in [5.74, 6) is -0.835. The largest absolute Gasteiger partial charge is 0.454 e. The number of hydrogen-bond donors (Lipinski definition) is 2. The van der Waals surface area contributed by atoms with E-state index >= 15 is 0 Å². The lowest BCUT2D eigenvalue weighted by Gasteiger charge is -2.17. The van der Waals surface area contributed by atoms with Crippen LogP contribution in [0.5, 0.6) is 0 Å². The van der Waals surface area contributed by atoms with Crippen molar-refractivity contribution in [2.24, 2.45) is 0 Å². The number of esters is 1. The monoisotopic (exact) mass is 454 g/mol. The minimum atomic E-state index is -0.856.